The van der Waals surface area contributed by atoms with Gasteiger partial charge in [0, 0.05) is 33.9 Å². The normalized spacial score (nSPS) is 14.9. The topological polar surface area (TPSA) is 83.7 Å². The fraction of sp³-hybridized carbons (Fsp3) is 0.185. The second-order valence-corrected chi connectivity index (χ2v) is 8.77. The number of carbonyl (C=O) groups excluding carboxylic acids is 2. The molecule has 8 heteroatoms. The molecular weight excluding hydrogens is 466 g/mol. The Balaban J connectivity index is 1.54. The van der Waals surface area contributed by atoms with Crippen molar-refractivity contribution in [1.82, 2.24) is 9.88 Å². The number of H-pyrrole nitrogens is 1. The van der Waals surface area contributed by atoms with E-state index in [2.05, 4.69) is 10.3 Å². The lowest BCUT2D eigenvalue weighted by Gasteiger charge is -2.36. The summed E-state index contributed by atoms with van der Waals surface area (Å²) in [4.78, 5) is 30.8. The highest BCUT2D eigenvalue weighted by atomic mass is 35.5. The highest BCUT2D eigenvalue weighted by molar-refractivity contribution is 6.31. The molecule has 1 aromatic heterocycles. The number of aromatic nitrogens is 1. The van der Waals surface area contributed by atoms with Gasteiger partial charge in [-0.05, 0) is 66.1 Å². The van der Waals surface area contributed by atoms with Crippen LogP contribution in [0.25, 0.3) is 10.9 Å². The number of methoxy groups -OCH3 is 2. The summed E-state index contributed by atoms with van der Waals surface area (Å²) in [6, 6.07) is 19.6. The molecule has 1 atom stereocenters. The number of aromatic amines is 1. The molecule has 2 amide bonds. The Hall–Kier alpha value is -3.97. The number of nitrogens with zero attached hydrogens (tertiary/aromatic N) is 1. The van der Waals surface area contributed by atoms with E-state index in [1.54, 1.807) is 36.3 Å². The van der Waals surface area contributed by atoms with Crippen LogP contribution in [-0.2, 0) is 11.2 Å². The van der Waals surface area contributed by atoms with E-state index in [1.807, 2.05) is 42.5 Å². The Bertz CT molecular complexity index is 1410. The smallest absolute Gasteiger partial charge is 0.337 e. The molecule has 0 bridgehead atoms. The molecule has 2 heterocycles. The van der Waals surface area contributed by atoms with Crippen molar-refractivity contribution in [2.45, 2.75) is 12.5 Å². The van der Waals surface area contributed by atoms with Gasteiger partial charge in [-0.25, -0.2) is 9.59 Å². The van der Waals surface area contributed by atoms with Gasteiger partial charge in [-0.3, -0.25) is 0 Å². The van der Waals surface area contributed by atoms with Crippen molar-refractivity contribution < 1.29 is 19.1 Å². The minimum absolute atomic E-state index is 0.268. The second-order valence-electron chi connectivity index (χ2n) is 8.33. The number of carbonyl (C=O) groups is 2. The third-order valence-electron chi connectivity index (χ3n) is 6.32. The van der Waals surface area contributed by atoms with Gasteiger partial charge in [0.05, 0.1) is 25.8 Å². The SMILES string of the molecule is COC(=O)c1cccc(NC(=O)N2CCc3c([nH]c4ccc(Cl)cc34)[C@H]2c2ccc(OC)cc2)c1. The minimum atomic E-state index is -0.462. The number of ether oxygens (including phenoxy) is 2. The molecule has 1 aliphatic heterocycles. The average molecular weight is 490 g/mol. The molecule has 7 nitrogen and oxygen atoms in total. The summed E-state index contributed by atoms with van der Waals surface area (Å²) < 4.78 is 10.1. The highest BCUT2D eigenvalue weighted by Crippen LogP contribution is 2.39. The fourth-order valence-corrected chi connectivity index (χ4v) is 4.82. The number of halogens is 1. The second kappa shape index (κ2) is 9.35. The molecule has 0 aliphatic carbocycles. The van der Waals surface area contributed by atoms with Crippen LogP contribution in [0.4, 0.5) is 10.5 Å². The van der Waals surface area contributed by atoms with Crippen LogP contribution in [0.15, 0.2) is 66.7 Å². The number of nitrogens with one attached hydrogen (secondary N) is 2. The molecule has 0 radical (unpaired) electrons. The molecule has 4 aromatic rings. The van der Waals surface area contributed by atoms with Gasteiger partial charge < -0.3 is 24.7 Å². The third-order valence-corrected chi connectivity index (χ3v) is 6.55. The van der Waals surface area contributed by atoms with Gasteiger partial charge in [0.1, 0.15) is 5.75 Å². The number of benzene rings is 3. The van der Waals surface area contributed by atoms with Crippen molar-refractivity contribution in [2.75, 3.05) is 26.1 Å². The van der Waals surface area contributed by atoms with Crippen LogP contribution in [0.3, 0.4) is 0 Å². The molecular formula is C27H24ClN3O4. The van der Waals surface area contributed by atoms with Crippen molar-refractivity contribution in [3.8, 4) is 5.75 Å². The van der Waals surface area contributed by atoms with Crippen molar-refractivity contribution >= 4 is 40.2 Å². The lowest BCUT2D eigenvalue weighted by atomic mass is 9.92. The number of rotatable bonds is 4. The molecule has 0 unspecified atom stereocenters. The Kier molecular flexibility index (Phi) is 6.09. The number of hydrogen-bond acceptors (Lipinski definition) is 4. The summed E-state index contributed by atoms with van der Waals surface area (Å²) in [6.07, 6.45) is 0.679. The van der Waals surface area contributed by atoms with E-state index < -0.39 is 5.97 Å². The van der Waals surface area contributed by atoms with Gasteiger partial charge in [-0.1, -0.05) is 29.8 Å². The molecule has 3 aromatic carbocycles. The lowest BCUT2D eigenvalue weighted by molar-refractivity contribution is 0.0600. The summed E-state index contributed by atoms with van der Waals surface area (Å²) in [7, 11) is 2.95. The molecule has 1 aliphatic rings. The van der Waals surface area contributed by atoms with Gasteiger partial charge in [-0.2, -0.15) is 0 Å². The number of urea groups is 1. The summed E-state index contributed by atoms with van der Waals surface area (Å²) in [5.74, 6) is 0.278. The van der Waals surface area contributed by atoms with Gasteiger partial charge in [0.15, 0.2) is 0 Å². The largest absolute Gasteiger partial charge is 0.497 e. The van der Waals surface area contributed by atoms with E-state index >= 15 is 0 Å². The van der Waals surface area contributed by atoms with E-state index in [9.17, 15) is 9.59 Å². The Labute approximate surface area is 207 Å². The number of esters is 1. The number of anilines is 1. The van der Waals surface area contributed by atoms with Crippen LogP contribution in [0.1, 0.15) is 33.2 Å². The highest BCUT2D eigenvalue weighted by Gasteiger charge is 2.34. The first-order valence-electron chi connectivity index (χ1n) is 11.2. The molecule has 35 heavy (non-hydrogen) atoms. The monoisotopic (exact) mass is 489 g/mol. The van der Waals surface area contributed by atoms with Crippen molar-refractivity contribution in [2.24, 2.45) is 0 Å². The Morgan fingerprint density at radius 3 is 2.60 bits per heavy atom. The maximum Gasteiger partial charge on any atom is 0.337 e. The summed E-state index contributed by atoms with van der Waals surface area (Å²) in [5, 5.41) is 4.69. The van der Waals surface area contributed by atoms with Crippen LogP contribution in [0, 0.1) is 0 Å². The van der Waals surface area contributed by atoms with Gasteiger partial charge >= 0.3 is 12.0 Å². The van der Waals surface area contributed by atoms with Crippen molar-refractivity contribution in [3.63, 3.8) is 0 Å². The van der Waals surface area contributed by atoms with Crippen LogP contribution in [0.5, 0.6) is 5.75 Å². The summed E-state index contributed by atoms with van der Waals surface area (Å²) in [5.41, 5.74) is 4.91. The fourth-order valence-electron chi connectivity index (χ4n) is 4.65. The first-order valence-corrected chi connectivity index (χ1v) is 11.6. The van der Waals surface area contributed by atoms with E-state index in [4.69, 9.17) is 21.1 Å². The molecule has 178 valence electrons. The molecule has 0 saturated carbocycles. The van der Waals surface area contributed by atoms with Crippen molar-refractivity contribution in [3.05, 3.63) is 94.1 Å². The molecule has 5 rings (SSSR count). The number of fused-ring (bicyclic) bond motifs is 3. The molecule has 0 spiro atoms. The van der Waals surface area contributed by atoms with E-state index in [0.29, 0.717) is 29.2 Å². The lowest BCUT2D eigenvalue weighted by Crippen LogP contribution is -2.43. The zero-order valence-electron chi connectivity index (χ0n) is 19.3. The number of amides is 2. The van der Waals surface area contributed by atoms with Gasteiger partial charge in [-0.15, -0.1) is 0 Å². The predicted molar refractivity (Wildman–Crippen MR) is 135 cm³/mol. The first kappa shape index (κ1) is 22.8. The quantitative estimate of drug-likeness (QED) is 0.355. The third kappa shape index (κ3) is 4.31. The zero-order chi connectivity index (χ0) is 24.5. The zero-order valence-corrected chi connectivity index (χ0v) is 20.1. The molecule has 0 fully saturated rings. The standard InChI is InChI=1S/C27H24ClN3O4/c1-34-20-9-6-16(7-10-20)25-24-21(22-15-18(28)8-11-23(22)30-24)12-13-31(25)27(33)29-19-5-3-4-17(14-19)26(32)35-2/h3-11,14-15,25,30H,12-13H2,1-2H3,(H,29,33)/t25-/m1/s1. The maximum atomic E-state index is 13.5. The Morgan fingerprint density at radius 1 is 1.06 bits per heavy atom. The van der Waals surface area contributed by atoms with E-state index in [1.165, 1.54) is 7.11 Å². The van der Waals surface area contributed by atoms with Gasteiger partial charge in [0.2, 0.25) is 0 Å². The van der Waals surface area contributed by atoms with Crippen LogP contribution in [-0.4, -0.2) is 42.6 Å². The van der Waals surface area contributed by atoms with Crippen LogP contribution in [0.2, 0.25) is 5.02 Å². The summed E-state index contributed by atoms with van der Waals surface area (Å²) >= 11 is 6.28. The molecule has 2 N–H and O–H groups in total. The predicted octanol–water partition coefficient (Wildman–Crippen LogP) is 5.80. The maximum absolute atomic E-state index is 13.5. The van der Waals surface area contributed by atoms with Gasteiger partial charge in [0.25, 0.3) is 0 Å². The average Bonchev–Trinajstić information content (AvgIpc) is 3.25. The first-order chi connectivity index (χ1) is 17.0. The van der Waals surface area contributed by atoms with E-state index in [-0.39, 0.29) is 12.1 Å². The van der Waals surface area contributed by atoms with Crippen LogP contribution < -0.4 is 10.1 Å². The number of hydrogen-bond donors (Lipinski definition) is 2. The van der Waals surface area contributed by atoms with Crippen molar-refractivity contribution in [1.29, 1.82) is 0 Å². The van der Waals surface area contributed by atoms with E-state index in [0.717, 1.165) is 33.5 Å². The molecule has 0 saturated heterocycles. The summed E-state index contributed by atoms with van der Waals surface area (Å²) in [6.45, 7) is 0.506. The minimum Gasteiger partial charge on any atom is -0.497 e. The Morgan fingerprint density at radius 2 is 1.86 bits per heavy atom. The van der Waals surface area contributed by atoms with Crippen LogP contribution >= 0.6 is 11.6 Å².